The first-order valence-corrected chi connectivity index (χ1v) is 6.60. The topological polar surface area (TPSA) is 46.2 Å². The van der Waals surface area contributed by atoms with E-state index in [1.54, 1.807) is 0 Å². The van der Waals surface area contributed by atoms with Crippen LogP contribution in [0.15, 0.2) is 0 Å². The first-order chi connectivity index (χ1) is 5.93. The minimum Gasteiger partial charge on any atom is -0.311 e. The van der Waals surface area contributed by atoms with E-state index in [2.05, 4.69) is 19.2 Å². The summed E-state index contributed by atoms with van der Waals surface area (Å²) in [5.74, 6) is 0.324. The molecule has 1 heterocycles. The van der Waals surface area contributed by atoms with E-state index in [1.165, 1.54) is 0 Å². The molecule has 3 nitrogen and oxygen atoms in total. The molecule has 4 heteroatoms. The van der Waals surface area contributed by atoms with Crippen molar-refractivity contribution in [2.75, 3.05) is 12.3 Å². The zero-order valence-electron chi connectivity index (χ0n) is 8.21. The number of nitrogens with one attached hydrogen (secondary N) is 1. The molecule has 2 unspecified atom stereocenters. The highest BCUT2D eigenvalue weighted by atomic mass is 32.2. The van der Waals surface area contributed by atoms with E-state index in [0.717, 1.165) is 12.8 Å². The molecular weight excluding hydrogens is 186 g/mol. The predicted molar refractivity (Wildman–Crippen MR) is 52.4 cm³/mol. The van der Waals surface area contributed by atoms with Crippen LogP contribution in [0.5, 0.6) is 0 Å². The molecule has 2 atom stereocenters. The zero-order chi connectivity index (χ0) is 9.69. The summed E-state index contributed by atoms with van der Waals surface area (Å²) in [5.41, 5.74) is 0.151. The Kier molecular flexibility index (Phi) is 1.97. The van der Waals surface area contributed by atoms with Gasteiger partial charge in [-0.15, -0.1) is 0 Å². The minimum atomic E-state index is -2.79. The van der Waals surface area contributed by atoms with Crippen LogP contribution < -0.4 is 5.32 Å². The van der Waals surface area contributed by atoms with Gasteiger partial charge in [-0.1, -0.05) is 13.8 Å². The minimum absolute atomic E-state index is 0.115. The van der Waals surface area contributed by atoms with Gasteiger partial charge in [0.2, 0.25) is 0 Å². The molecule has 1 aliphatic heterocycles. The smallest absolute Gasteiger partial charge is 0.155 e. The summed E-state index contributed by atoms with van der Waals surface area (Å²) in [5, 5.41) is 3.23. The monoisotopic (exact) mass is 203 g/mol. The molecule has 76 valence electrons. The van der Waals surface area contributed by atoms with Crippen LogP contribution >= 0.6 is 0 Å². The third-order valence-corrected chi connectivity index (χ3v) is 5.70. The van der Waals surface area contributed by atoms with Crippen molar-refractivity contribution in [2.45, 2.75) is 38.0 Å². The second-order valence-corrected chi connectivity index (χ2v) is 7.20. The van der Waals surface area contributed by atoms with Crippen molar-refractivity contribution in [2.24, 2.45) is 5.41 Å². The van der Waals surface area contributed by atoms with Crippen LogP contribution in [0, 0.1) is 5.41 Å². The van der Waals surface area contributed by atoms with Crippen molar-refractivity contribution >= 4 is 9.84 Å². The van der Waals surface area contributed by atoms with Crippen LogP contribution in [-0.4, -0.2) is 32.0 Å². The van der Waals surface area contributed by atoms with Crippen LogP contribution in [0.3, 0.4) is 0 Å². The molecule has 2 aliphatic rings. The van der Waals surface area contributed by atoms with Gasteiger partial charge in [0.1, 0.15) is 0 Å². The maximum Gasteiger partial charge on any atom is 0.155 e. The van der Waals surface area contributed by atoms with Gasteiger partial charge in [0, 0.05) is 12.6 Å². The van der Waals surface area contributed by atoms with Crippen LogP contribution in [0.2, 0.25) is 0 Å². The summed E-state index contributed by atoms with van der Waals surface area (Å²) in [4.78, 5) is 0. The standard InChI is InChI=1S/C9H17NO2S/c1-9(2)4-3-7-8(9)10-5-6-13(7,11)12/h7-8,10H,3-6H2,1-2H3. The van der Waals surface area contributed by atoms with Crippen molar-refractivity contribution in [1.29, 1.82) is 0 Å². The first kappa shape index (κ1) is 9.46. The van der Waals surface area contributed by atoms with Gasteiger partial charge in [-0.25, -0.2) is 8.42 Å². The Morgan fingerprint density at radius 1 is 1.38 bits per heavy atom. The largest absolute Gasteiger partial charge is 0.311 e. The van der Waals surface area contributed by atoms with E-state index in [4.69, 9.17) is 0 Å². The molecule has 1 saturated carbocycles. The van der Waals surface area contributed by atoms with Gasteiger partial charge in [-0.05, 0) is 18.3 Å². The van der Waals surface area contributed by atoms with Crippen LogP contribution in [0.25, 0.3) is 0 Å². The third kappa shape index (κ3) is 1.40. The maximum absolute atomic E-state index is 11.7. The molecule has 1 aliphatic carbocycles. The number of rotatable bonds is 0. The average molecular weight is 203 g/mol. The lowest BCUT2D eigenvalue weighted by atomic mass is 9.87. The highest BCUT2D eigenvalue weighted by Gasteiger charge is 2.49. The number of fused-ring (bicyclic) bond motifs is 1. The van der Waals surface area contributed by atoms with Crippen molar-refractivity contribution in [1.82, 2.24) is 5.32 Å². The summed E-state index contributed by atoms with van der Waals surface area (Å²) in [6.07, 6.45) is 1.86. The normalized spacial score (nSPS) is 41.4. The van der Waals surface area contributed by atoms with Gasteiger partial charge in [-0.2, -0.15) is 0 Å². The fourth-order valence-electron chi connectivity index (χ4n) is 2.64. The lowest BCUT2D eigenvalue weighted by molar-refractivity contribution is 0.283. The SMILES string of the molecule is CC1(C)CCC2C1NCCS2(=O)=O. The Hall–Kier alpha value is -0.0900. The van der Waals surface area contributed by atoms with Gasteiger partial charge >= 0.3 is 0 Å². The van der Waals surface area contributed by atoms with Crippen LogP contribution in [0.1, 0.15) is 26.7 Å². The van der Waals surface area contributed by atoms with Crippen molar-refractivity contribution < 1.29 is 8.42 Å². The Labute approximate surface area is 79.8 Å². The quantitative estimate of drug-likeness (QED) is 0.626. The summed E-state index contributed by atoms with van der Waals surface area (Å²) in [6.45, 7) is 4.95. The molecule has 0 aromatic heterocycles. The Morgan fingerprint density at radius 2 is 2.08 bits per heavy atom. The zero-order valence-corrected chi connectivity index (χ0v) is 9.02. The second-order valence-electron chi connectivity index (χ2n) is 4.86. The van der Waals surface area contributed by atoms with Crippen molar-refractivity contribution in [3.8, 4) is 0 Å². The average Bonchev–Trinajstić information content (AvgIpc) is 2.28. The molecule has 0 aromatic carbocycles. The van der Waals surface area contributed by atoms with Gasteiger partial charge in [0.05, 0.1) is 11.0 Å². The van der Waals surface area contributed by atoms with Gasteiger partial charge in [0.15, 0.2) is 9.84 Å². The van der Waals surface area contributed by atoms with Crippen molar-refractivity contribution in [3.05, 3.63) is 0 Å². The van der Waals surface area contributed by atoms with E-state index in [9.17, 15) is 8.42 Å². The summed E-state index contributed by atoms with van der Waals surface area (Å²) < 4.78 is 23.4. The fourth-order valence-corrected chi connectivity index (χ4v) is 4.70. The van der Waals surface area contributed by atoms with E-state index in [0.29, 0.717) is 12.3 Å². The van der Waals surface area contributed by atoms with E-state index in [1.807, 2.05) is 0 Å². The van der Waals surface area contributed by atoms with E-state index in [-0.39, 0.29) is 16.7 Å². The van der Waals surface area contributed by atoms with Gasteiger partial charge in [0.25, 0.3) is 0 Å². The summed E-state index contributed by atoms with van der Waals surface area (Å²) >= 11 is 0. The molecule has 0 aromatic rings. The highest BCUT2D eigenvalue weighted by molar-refractivity contribution is 7.92. The highest BCUT2D eigenvalue weighted by Crippen LogP contribution is 2.41. The first-order valence-electron chi connectivity index (χ1n) is 4.88. The van der Waals surface area contributed by atoms with Crippen LogP contribution in [0.4, 0.5) is 0 Å². The molecule has 2 fully saturated rings. The number of sulfone groups is 1. The molecule has 1 saturated heterocycles. The summed E-state index contributed by atoms with van der Waals surface area (Å²) in [6, 6.07) is 0.186. The molecule has 0 spiro atoms. The second kappa shape index (κ2) is 2.70. The molecule has 13 heavy (non-hydrogen) atoms. The molecular formula is C9H17NO2S. The summed E-state index contributed by atoms with van der Waals surface area (Å²) in [7, 11) is -2.79. The molecule has 1 N–H and O–H groups in total. The maximum atomic E-state index is 11.7. The fraction of sp³-hybridized carbons (Fsp3) is 1.00. The van der Waals surface area contributed by atoms with Gasteiger partial charge < -0.3 is 5.32 Å². The molecule has 0 amide bonds. The lowest BCUT2D eigenvalue weighted by Crippen LogP contribution is -2.54. The van der Waals surface area contributed by atoms with E-state index < -0.39 is 9.84 Å². The van der Waals surface area contributed by atoms with Gasteiger partial charge in [-0.3, -0.25) is 0 Å². The molecule has 0 radical (unpaired) electrons. The Morgan fingerprint density at radius 3 is 2.69 bits per heavy atom. The van der Waals surface area contributed by atoms with Crippen LogP contribution in [-0.2, 0) is 9.84 Å². The van der Waals surface area contributed by atoms with E-state index >= 15 is 0 Å². The lowest BCUT2D eigenvalue weighted by Gasteiger charge is -2.34. The predicted octanol–water partition coefficient (Wildman–Crippen LogP) is 0.562. The third-order valence-electron chi connectivity index (χ3n) is 3.50. The Bertz CT molecular complexity index is 308. The number of hydrogen-bond acceptors (Lipinski definition) is 3. The molecule has 0 bridgehead atoms. The number of hydrogen-bond donors (Lipinski definition) is 1. The Balaban J connectivity index is 2.32. The molecule has 2 rings (SSSR count). The van der Waals surface area contributed by atoms with Crippen molar-refractivity contribution in [3.63, 3.8) is 0 Å².